The summed E-state index contributed by atoms with van der Waals surface area (Å²) in [5.41, 5.74) is 1.88. The molecule has 2 aromatic heterocycles. The van der Waals surface area contributed by atoms with Gasteiger partial charge in [0, 0.05) is 12.7 Å². The highest BCUT2D eigenvalue weighted by molar-refractivity contribution is 5.72. The molecule has 0 radical (unpaired) electrons. The van der Waals surface area contributed by atoms with Crippen molar-refractivity contribution in [3.8, 4) is 0 Å². The first-order valence-electron chi connectivity index (χ1n) is 6.86. The molecule has 6 nitrogen and oxygen atoms in total. The summed E-state index contributed by atoms with van der Waals surface area (Å²) in [5.74, 6) is -0.0273. The number of nitrogens with zero attached hydrogens (tertiary/aromatic N) is 4. The summed E-state index contributed by atoms with van der Waals surface area (Å²) in [7, 11) is 1.46. The number of rotatable bonds is 3. The first-order chi connectivity index (χ1) is 9.76. The molecule has 1 saturated heterocycles. The van der Waals surface area contributed by atoms with Crippen molar-refractivity contribution in [2.75, 3.05) is 20.2 Å². The van der Waals surface area contributed by atoms with Gasteiger partial charge in [-0.1, -0.05) is 0 Å². The van der Waals surface area contributed by atoms with Gasteiger partial charge in [-0.3, -0.25) is 9.69 Å². The van der Waals surface area contributed by atoms with Gasteiger partial charge in [0.25, 0.3) is 0 Å². The summed E-state index contributed by atoms with van der Waals surface area (Å²) in [4.78, 5) is 18.3. The predicted molar refractivity (Wildman–Crippen MR) is 73.0 cm³/mol. The predicted octanol–water partition coefficient (Wildman–Crippen LogP) is 1.11. The highest BCUT2D eigenvalue weighted by Gasteiger charge is 2.25. The Balaban J connectivity index is 1.60. The van der Waals surface area contributed by atoms with E-state index < -0.39 is 0 Å². The molecule has 20 heavy (non-hydrogen) atoms. The van der Waals surface area contributed by atoms with Gasteiger partial charge in [-0.05, 0) is 38.1 Å². The number of hydrogen-bond donors (Lipinski definition) is 0. The fourth-order valence-electron chi connectivity index (χ4n) is 2.68. The fourth-order valence-corrected chi connectivity index (χ4v) is 2.68. The molecule has 0 aliphatic carbocycles. The molecule has 0 amide bonds. The largest absolute Gasteiger partial charge is 0.469 e. The van der Waals surface area contributed by atoms with E-state index in [1.807, 2.05) is 18.3 Å². The van der Waals surface area contributed by atoms with E-state index in [0.717, 1.165) is 43.8 Å². The van der Waals surface area contributed by atoms with E-state index in [9.17, 15) is 4.79 Å². The van der Waals surface area contributed by atoms with Crippen molar-refractivity contribution in [1.29, 1.82) is 0 Å². The van der Waals surface area contributed by atoms with Crippen molar-refractivity contribution in [1.82, 2.24) is 19.5 Å². The van der Waals surface area contributed by atoms with Crippen molar-refractivity contribution in [3.63, 3.8) is 0 Å². The molecule has 0 N–H and O–H groups in total. The quantitative estimate of drug-likeness (QED) is 0.785. The van der Waals surface area contributed by atoms with Gasteiger partial charge in [-0.15, -0.1) is 0 Å². The number of hydrogen-bond acceptors (Lipinski definition) is 5. The van der Waals surface area contributed by atoms with Crippen LogP contribution in [0.5, 0.6) is 0 Å². The molecule has 1 fully saturated rings. The molecule has 106 valence electrons. The summed E-state index contributed by atoms with van der Waals surface area (Å²) in [6, 6.07) is 3.83. The average Bonchev–Trinajstić information content (AvgIpc) is 2.89. The molecule has 3 heterocycles. The van der Waals surface area contributed by atoms with Gasteiger partial charge in [-0.2, -0.15) is 5.10 Å². The molecule has 0 aromatic carbocycles. The second-order valence-corrected chi connectivity index (χ2v) is 5.13. The maximum atomic E-state index is 11.5. The highest BCUT2D eigenvalue weighted by Crippen LogP contribution is 2.19. The Morgan fingerprint density at radius 3 is 2.95 bits per heavy atom. The van der Waals surface area contributed by atoms with E-state index in [1.54, 1.807) is 10.7 Å². The van der Waals surface area contributed by atoms with Gasteiger partial charge in [0.15, 0.2) is 5.65 Å². The van der Waals surface area contributed by atoms with E-state index in [4.69, 9.17) is 4.74 Å². The summed E-state index contributed by atoms with van der Waals surface area (Å²) in [6.45, 7) is 2.61. The minimum absolute atomic E-state index is 0.0546. The number of carbonyl (C=O) groups excluding carboxylic acids is 1. The lowest BCUT2D eigenvalue weighted by Crippen LogP contribution is -2.36. The number of ether oxygens (including phenoxy) is 1. The van der Waals surface area contributed by atoms with Gasteiger partial charge < -0.3 is 4.74 Å². The molecule has 1 aliphatic rings. The lowest BCUT2D eigenvalue weighted by Gasteiger charge is -2.29. The zero-order chi connectivity index (χ0) is 13.9. The third-order valence-corrected chi connectivity index (χ3v) is 3.79. The number of carbonyl (C=O) groups is 1. The molecular weight excluding hydrogens is 256 g/mol. The van der Waals surface area contributed by atoms with Crippen LogP contribution >= 0.6 is 0 Å². The SMILES string of the molecule is COC(=O)C1CCN(Cc2cn3ncccc3n2)CC1. The van der Waals surface area contributed by atoms with Crippen LogP contribution in [0.3, 0.4) is 0 Å². The monoisotopic (exact) mass is 274 g/mol. The third kappa shape index (κ3) is 2.65. The Kier molecular flexibility index (Phi) is 3.64. The zero-order valence-corrected chi connectivity index (χ0v) is 11.5. The maximum Gasteiger partial charge on any atom is 0.308 e. The molecule has 0 spiro atoms. The van der Waals surface area contributed by atoms with E-state index in [2.05, 4.69) is 15.0 Å². The maximum absolute atomic E-state index is 11.5. The first kappa shape index (κ1) is 13.1. The number of piperidine rings is 1. The number of esters is 1. The second-order valence-electron chi connectivity index (χ2n) is 5.13. The number of imidazole rings is 1. The number of aromatic nitrogens is 3. The minimum atomic E-state index is -0.0819. The van der Waals surface area contributed by atoms with Gasteiger partial charge >= 0.3 is 5.97 Å². The Labute approximate surface area is 117 Å². The Morgan fingerprint density at radius 1 is 1.45 bits per heavy atom. The molecule has 3 rings (SSSR count). The van der Waals surface area contributed by atoms with Crippen molar-refractivity contribution < 1.29 is 9.53 Å². The molecule has 0 bridgehead atoms. The number of methoxy groups -OCH3 is 1. The average molecular weight is 274 g/mol. The normalized spacial score (nSPS) is 17.4. The van der Waals surface area contributed by atoms with Crippen molar-refractivity contribution >= 4 is 11.6 Å². The van der Waals surface area contributed by atoms with Gasteiger partial charge in [0.05, 0.1) is 24.9 Å². The fraction of sp³-hybridized carbons (Fsp3) is 0.500. The highest BCUT2D eigenvalue weighted by atomic mass is 16.5. The molecular formula is C14H18N4O2. The smallest absolute Gasteiger partial charge is 0.308 e. The van der Waals surface area contributed by atoms with Crippen molar-refractivity contribution in [2.45, 2.75) is 19.4 Å². The van der Waals surface area contributed by atoms with Crippen LogP contribution in [0.4, 0.5) is 0 Å². The Morgan fingerprint density at radius 2 is 2.25 bits per heavy atom. The van der Waals surface area contributed by atoms with Gasteiger partial charge in [0.1, 0.15) is 0 Å². The zero-order valence-electron chi connectivity index (χ0n) is 11.5. The van der Waals surface area contributed by atoms with E-state index in [-0.39, 0.29) is 11.9 Å². The molecule has 2 aromatic rings. The Bertz CT molecular complexity index is 569. The van der Waals surface area contributed by atoms with Crippen LogP contribution in [0, 0.1) is 5.92 Å². The van der Waals surface area contributed by atoms with Crippen LogP contribution < -0.4 is 0 Å². The van der Waals surface area contributed by atoms with Crippen LogP contribution in [-0.2, 0) is 16.1 Å². The van der Waals surface area contributed by atoms with Gasteiger partial charge in [0.2, 0.25) is 0 Å². The second kappa shape index (κ2) is 5.58. The lowest BCUT2D eigenvalue weighted by molar-refractivity contribution is -0.147. The van der Waals surface area contributed by atoms with Crippen LogP contribution in [-0.4, -0.2) is 45.7 Å². The molecule has 0 unspecified atom stereocenters. The first-order valence-corrected chi connectivity index (χ1v) is 6.86. The standard InChI is InChI=1S/C14H18N4O2/c1-20-14(19)11-4-7-17(8-5-11)9-12-10-18-13(16-12)3-2-6-15-18/h2-3,6,10-11H,4-5,7-9H2,1H3. The summed E-state index contributed by atoms with van der Waals surface area (Å²) < 4.78 is 6.59. The Hall–Kier alpha value is -1.95. The lowest BCUT2D eigenvalue weighted by atomic mass is 9.97. The summed E-state index contributed by atoms with van der Waals surface area (Å²) in [6.07, 6.45) is 5.43. The molecule has 6 heteroatoms. The van der Waals surface area contributed by atoms with E-state index >= 15 is 0 Å². The minimum Gasteiger partial charge on any atom is -0.469 e. The van der Waals surface area contributed by atoms with Crippen LogP contribution in [0.1, 0.15) is 18.5 Å². The van der Waals surface area contributed by atoms with Crippen LogP contribution in [0.15, 0.2) is 24.5 Å². The van der Waals surface area contributed by atoms with Crippen LogP contribution in [0.2, 0.25) is 0 Å². The number of likely N-dealkylation sites (tertiary alicyclic amines) is 1. The topological polar surface area (TPSA) is 59.7 Å². The molecule has 0 atom stereocenters. The van der Waals surface area contributed by atoms with Crippen molar-refractivity contribution in [3.05, 3.63) is 30.2 Å². The van der Waals surface area contributed by atoms with E-state index in [0.29, 0.717) is 0 Å². The molecule has 0 saturated carbocycles. The van der Waals surface area contributed by atoms with Crippen LogP contribution in [0.25, 0.3) is 5.65 Å². The summed E-state index contributed by atoms with van der Waals surface area (Å²) >= 11 is 0. The molecule has 1 aliphatic heterocycles. The van der Waals surface area contributed by atoms with Crippen molar-refractivity contribution in [2.24, 2.45) is 5.92 Å². The van der Waals surface area contributed by atoms with E-state index in [1.165, 1.54) is 7.11 Å². The third-order valence-electron chi connectivity index (χ3n) is 3.79. The summed E-state index contributed by atoms with van der Waals surface area (Å²) in [5, 5.41) is 4.22. The van der Waals surface area contributed by atoms with Gasteiger partial charge in [-0.25, -0.2) is 9.50 Å². The number of fused-ring (bicyclic) bond motifs is 1.